The molecule has 5 rings (SSSR count). The van der Waals surface area contributed by atoms with E-state index in [1.54, 1.807) is 6.20 Å². The fraction of sp³-hybridized carbons (Fsp3) is 0.368. The smallest absolute Gasteiger partial charge is 0.229 e. The monoisotopic (exact) mass is 333 g/mol. The van der Waals surface area contributed by atoms with Crippen molar-refractivity contribution in [3.05, 3.63) is 59.3 Å². The number of carbonyl (C=O) groups excluding carboxylic acids is 1. The van der Waals surface area contributed by atoms with Crippen LogP contribution in [-0.2, 0) is 17.6 Å². The van der Waals surface area contributed by atoms with Gasteiger partial charge in [-0.2, -0.15) is 5.10 Å². The van der Waals surface area contributed by atoms with Gasteiger partial charge >= 0.3 is 0 Å². The van der Waals surface area contributed by atoms with Crippen LogP contribution in [0.25, 0.3) is 5.65 Å². The average molecular weight is 333 g/mol. The third-order valence-corrected chi connectivity index (χ3v) is 5.37. The van der Waals surface area contributed by atoms with Gasteiger partial charge in [0.2, 0.25) is 5.91 Å². The Balaban J connectivity index is 1.51. The fourth-order valence-electron chi connectivity index (χ4n) is 4.33. The van der Waals surface area contributed by atoms with Gasteiger partial charge in [0.25, 0.3) is 0 Å². The lowest BCUT2D eigenvalue weighted by Gasteiger charge is -2.36. The summed E-state index contributed by atoms with van der Waals surface area (Å²) in [6.07, 6.45) is 6.93. The van der Waals surface area contributed by atoms with Gasteiger partial charge in [-0.05, 0) is 31.9 Å². The molecule has 5 heterocycles. The summed E-state index contributed by atoms with van der Waals surface area (Å²) < 4.78 is 1.97. The summed E-state index contributed by atoms with van der Waals surface area (Å²) in [4.78, 5) is 23.9. The average Bonchev–Trinajstić information content (AvgIpc) is 3.15. The second-order valence-electron chi connectivity index (χ2n) is 6.97. The highest BCUT2D eigenvalue weighted by Gasteiger charge is 2.43. The van der Waals surface area contributed by atoms with Crippen molar-refractivity contribution in [1.29, 1.82) is 0 Å². The molecule has 1 fully saturated rings. The van der Waals surface area contributed by atoms with E-state index < -0.39 is 0 Å². The van der Waals surface area contributed by atoms with Crippen molar-refractivity contribution in [2.45, 2.75) is 44.7 Å². The normalized spacial score (nSPS) is 21.6. The lowest BCUT2D eigenvalue weighted by Crippen LogP contribution is -2.43. The molecule has 2 atom stereocenters. The predicted molar refractivity (Wildman–Crippen MR) is 92.0 cm³/mol. The van der Waals surface area contributed by atoms with Crippen LogP contribution in [0, 0.1) is 6.92 Å². The van der Waals surface area contributed by atoms with Gasteiger partial charge in [0.15, 0.2) is 5.65 Å². The van der Waals surface area contributed by atoms with E-state index in [2.05, 4.69) is 20.0 Å². The number of pyridine rings is 1. The van der Waals surface area contributed by atoms with E-state index in [1.165, 1.54) is 5.69 Å². The van der Waals surface area contributed by atoms with Gasteiger partial charge in [-0.25, -0.2) is 9.50 Å². The zero-order chi connectivity index (χ0) is 17.0. The van der Waals surface area contributed by atoms with Gasteiger partial charge in [0.1, 0.15) is 0 Å². The minimum absolute atomic E-state index is 0.117. The highest BCUT2D eigenvalue weighted by molar-refractivity contribution is 5.80. The van der Waals surface area contributed by atoms with Gasteiger partial charge in [0.05, 0.1) is 23.9 Å². The van der Waals surface area contributed by atoms with Gasteiger partial charge in [-0.3, -0.25) is 9.78 Å². The molecule has 0 unspecified atom stereocenters. The maximum absolute atomic E-state index is 12.9. The molecule has 1 amide bonds. The molecule has 3 aromatic rings. The third kappa shape index (κ3) is 2.24. The Hall–Kier alpha value is -2.76. The number of rotatable bonds is 2. The van der Waals surface area contributed by atoms with Gasteiger partial charge in [-0.15, -0.1) is 0 Å². The molecule has 0 aliphatic carbocycles. The van der Waals surface area contributed by atoms with Crippen molar-refractivity contribution in [1.82, 2.24) is 24.5 Å². The molecular formula is C19H19N5O. The second-order valence-corrected chi connectivity index (χ2v) is 6.97. The minimum Gasteiger partial charge on any atom is -0.332 e. The predicted octanol–water partition coefficient (Wildman–Crippen LogP) is 2.26. The van der Waals surface area contributed by atoms with Crippen LogP contribution < -0.4 is 0 Å². The number of amides is 1. The maximum atomic E-state index is 12.9. The van der Waals surface area contributed by atoms with Crippen LogP contribution in [-0.4, -0.2) is 36.4 Å². The zero-order valence-electron chi connectivity index (χ0n) is 14.1. The molecule has 2 aliphatic heterocycles. The Morgan fingerprint density at radius 3 is 3.04 bits per heavy atom. The summed E-state index contributed by atoms with van der Waals surface area (Å²) in [7, 11) is 0. The van der Waals surface area contributed by atoms with E-state index in [0.29, 0.717) is 6.42 Å². The van der Waals surface area contributed by atoms with Crippen molar-refractivity contribution >= 4 is 11.6 Å². The highest BCUT2D eigenvalue weighted by Crippen LogP contribution is 2.43. The molecule has 0 aromatic carbocycles. The van der Waals surface area contributed by atoms with Crippen molar-refractivity contribution in [3.8, 4) is 0 Å². The molecule has 0 N–H and O–H groups in total. The summed E-state index contributed by atoms with van der Waals surface area (Å²) in [5.41, 5.74) is 5.06. The van der Waals surface area contributed by atoms with Crippen molar-refractivity contribution in [2.75, 3.05) is 0 Å². The SMILES string of the molecule is Cc1cc2ncc3c(n2n1)C[C@H]1CC[C@@H]3N1C(=O)Cc1ccccn1. The summed E-state index contributed by atoms with van der Waals surface area (Å²) >= 11 is 0. The van der Waals surface area contributed by atoms with Crippen molar-refractivity contribution < 1.29 is 4.79 Å². The summed E-state index contributed by atoms with van der Waals surface area (Å²) in [6, 6.07) is 8.08. The van der Waals surface area contributed by atoms with Gasteiger partial charge < -0.3 is 4.90 Å². The first kappa shape index (κ1) is 14.6. The zero-order valence-corrected chi connectivity index (χ0v) is 14.1. The number of nitrogens with zero attached hydrogens (tertiary/aromatic N) is 5. The van der Waals surface area contributed by atoms with Crippen LogP contribution >= 0.6 is 0 Å². The van der Waals surface area contributed by atoms with Crippen LogP contribution in [0.3, 0.4) is 0 Å². The molecule has 1 saturated heterocycles. The standard InChI is InChI=1S/C19H19N5O/c1-12-8-18-21-11-15-16-6-5-14(10-17(15)24(18)22-12)23(16)19(25)9-13-4-2-3-7-20-13/h2-4,7-8,11,14,16H,5-6,9-10H2,1H3/t14-,16+/m1/s1. The summed E-state index contributed by atoms with van der Waals surface area (Å²) in [5, 5.41) is 4.60. The van der Waals surface area contributed by atoms with E-state index in [4.69, 9.17) is 0 Å². The van der Waals surface area contributed by atoms with E-state index in [0.717, 1.165) is 41.9 Å². The van der Waals surface area contributed by atoms with E-state index >= 15 is 0 Å². The first-order valence-electron chi connectivity index (χ1n) is 8.76. The molecule has 0 radical (unpaired) electrons. The number of fused-ring (bicyclic) bond motifs is 6. The highest BCUT2D eigenvalue weighted by atomic mass is 16.2. The minimum atomic E-state index is 0.117. The second kappa shape index (κ2) is 5.37. The molecule has 6 nitrogen and oxygen atoms in total. The van der Waals surface area contributed by atoms with Crippen LogP contribution in [0.1, 0.15) is 41.5 Å². The number of hydrogen-bond donors (Lipinski definition) is 0. The number of aromatic nitrogens is 4. The number of hydrogen-bond acceptors (Lipinski definition) is 4. The molecule has 0 saturated carbocycles. The third-order valence-electron chi connectivity index (χ3n) is 5.37. The van der Waals surface area contributed by atoms with Crippen LogP contribution in [0.15, 0.2) is 36.7 Å². The number of aryl methyl sites for hydroxylation is 1. The topological polar surface area (TPSA) is 63.4 Å². The van der Waals surface area contributed by atoms with Crippen LogP contribution in [0.4, 0.5) is 0 Å². The molecular weight excluding hydrogens is 314 g/mol. The van der Waals surface area contributed by atoms with E-state index in [1.807, 2.05) is 41.9 Å². The quantitative estimate of drug-likeness (QED) is 0.722. The number of carbonyl (C=O) groups is 1. The Morgan fingerprint density at radius 1 is 1.28 bits per heavy atom. The molecule has 3 aromatic heterocycles. The lowest BCUT2D eigenvalue weighted by atomic mass is 9.98. The maximum Gasteiger partial charge on any atom is 0.229 e. The largest absolute Gasteiger partial charge is 0.332 e. The molecule has 25 heavy (non-hydrogen) atoms. The summed E-state index contributed by atoms with van der Waals surface area (Å²) in [5.74, 6) is 0.161. The first-order valence-corrected chi connectivity index (χ1v) is 8.76. The fourth-order valence-corrected chi connectivity index (χ4v) is 4.33. The van der Waals surface area contributed by atoms with Crippen LogP contribution in [0.5, 0.6) is 0 Å². The van der Waals surface area contributed by atoms with Crippen molar-refractivity contribution in [2.24, 2.45) is 0 Å². The Bertz CT molecular complexity index is 965. The van der Waals surface area contributed by atoms with Crippen molar-refractivity contribution in [3.63, 3.8) is 0 Å². The first-order chi connectivity index (χ1) is 12.2. The molecule has 2 aliphatic rings. The molecule has 0 spiro atoms. The van der Waals surface area contributed by atoms with Crippen LogP contribution in [0.2, 0.25) is 0 Å². The molecule has 6 heteroatoms. The Morgan fingerprint density at radius 2 is 2.20 bits per heavy atom. The lowest BCUT2D eigenvalue weighted by molar-refractivity contribution is -0.134. The Labute approximate surface area is 145 Å². The van der Waals surface area contributed by atoms with E-state index in [-0.39, 0.29) is 18.0 Å². The molecule has 2 bridgehead atoms. The van der Waals surface area contributed by atoms with Gasteiger partial charge in [0, 0.05) is 42.2 Å². The van der Waals surface area contributed by atoms with E-state index in [9.17, 15) is 4.79 Å². The van der Waals surface area contributed by atoms with Gasteiger partial charge in [-0.1, -0.05) is 6.07 Å². The Kier molecular flexibility index (Phi) is 3.13. The summed E-state index contributed by atoms with van der Waals surface area (Å²) in [6.45, 7) is 1.99. The molecule has 126 valence electrons.